The van der Waals surface area contributed by atoms with Crippen molar-refractivity contribution in [3.8, 4) is 0 Å². The zero-order valence-electron chi connectivity index (χ0n) is 12.8. The van der Waals surface area contributed by atoms with Crippen LogP contribution in [0.1, 0.15) is 43.5 Å². The molecule has 20 heavy (non-hydrogen) atoms. The highest BCUT2D eigenvalue weighted by molar-refractivity contribution is 6.05. The Morgan fingerprint density at radius 3 is 2.35 bits per heavy atom. The van der Waals surface area contributed by atoms with Gasteiger partial charge in [-0.1, -0.05) is 32.9 Å². The molecule has 3 aromatic rings. The number of fused-ring (bicyclic) bond motifs is 3. The average molecular weight is 267 g/mol. The molecular weight excluding hydrogens is 246 g/mol. The normalized spacial score (nSPS) is 13.5. The van der Waals surface area contributed by atoms with Crippen LogP contribution in [-0.4, -0.2) is 4.98 Å². The van der Waals surface area contributed by atoms with Gasteiger partial charge in [0, 0.05) is 22.0 Å². The van der Waals surface area contributed by atoms with Gasteiger partial charge in [0.05, 0.1) is 0 Å². The van der Waals surface area contributed by atoms with Gasteiger partial charge >= 0.3 is 0 Å². The average Bonchev–Trinajstić information content (AvgIpc) is 2.74. The van der Waals surface area contributed by atoms with Crippen LogP contribution in [0.15, 0.2) is 28.7 Å². The summed E-state index contributed by atoms with van der Waals surface area (Å²) in [6, 6.07) is 8.51. The van der Waals surface area contributed by atoms with E-state index in [-0.39, 0.29) is 0 Å². The SMILES string of the molecule is Cc1ccc2c(n1)oc1c(C(C)C(C)C)c(C)ccc12. The molecule has 2 heterocycles. The van der Waals surface area contributed by atoms with Crippen LogP contribution in [0.5, 0.6) is 0 Å². The van der Waals surface area contributed by atoms with Gasteiger partial charge in [0.15, 0.2) is 0 Å². The van der Waals surface area contributed by atoms with Crippen molar-refractivity contribution in [3.05, 3.63) is 41.1 Å². The van der Waals surface area contributed by atoms with E-state index in [1.807, 2.05) is 13.0 Å². The number of benzene rings is 1. The summed E-state index contributed by atoms with van der Waals surface area (Å²) >= 11 is 0. The minimum Gasteiger partial charge on any atom is -0.437 e. The minimum absolute atomic E-state index is 0.473. The highest BCUT2D eigenvalue weighted by Gasteiger charge is 2.20. The molecule has 0 aliphatic carbocycles. The molecule has 1 unspecified atom stereocenters. The Morgan fingerprint density at radius 1 is 0.950 bits per heavy atom. The van der Waals surface area contributed by atoms with Crippen LogP contribution in [0.4, 0.5) is 0 Å². The minimum atomic E-state index is 0.473. The fraction of sp³-hybridized carbons (Fsp3) is 0.389. The lowest BCUT2D eigenvalue weighted by molar-refractivity contribution is 0.526. The lowest BCUT2D eigenvalue weighted by atomic mass is 9.86. The first kappa shape index (κ1) is 13.2. The predicted octanol–water partition coefficient (Wildman–Crippen LogP) is 5.36. The van der Waals surface area contributed by atoms with Gasteiger partial charge in [-0.05, 0) is 43.4 Å². The van der Waals surface area contributed by atoms with Gasteiger partial charge < -0.3 is 4.42 Å². The molecule has 0 spiro atoms. The number of aromatic nitrogens is 1. The topological polar surface area (TPSA) is 26.0 Å². The number of aryl methyl sites for hydroxylation is 2. The second kappa shape index (κ2) is 4.62. The van der Waals surface area contributed by atoms with E-state index in [0.717, 1.165) is 22.4 Å². The molecule has 0 amide bonds. The zero-order valence-corrected chi connectivity index (χ0v) is 12.8. The first-order valence-corrected chi connectivity index (χ1v) is 7.28. The Kier molecular flexibility index (Phi) is 3.04. The molecule has 0 aliphatic heterocycles. The third-order valence-corrected chi connectivity index (χ3v) is 4.36. The highest BCUT2D eigenvalue weighted by atomic mass is 16.3. The number of nitrogens with zero attached hydrogens (tertiary/aromatic N) is 1. The molecule has 2 aromatic heterocycles. The molecule has 0 aliphatic rings. The van der Waals surface area contributed by atoms with Crippen LogP contribution in [0.2, 0.25) is 0 Å². The second-order valence-electron chi connectivity index (χ2n) is 6.11. The van der Waals surface area contributed by atoms with Gasteiger partial charge in [-0.25, -0.2) is 4.98 Å². The third kappa shape index (κ3) is 1.91. The summed E-state index contributed by atoms with van der Waals surface area (Å²) in [5, 5.41) is 2.29. The van der Waals surface area contributed by atoms with Crippen LogP contribution in [0, 0.1) is 19.8 Å². The van der Waals surface area contributed by atoms with E-state index >= 15 is 0 Å². The maximum absolute atomic E-state index is 6.11. The van der Waals surface area contributed by atoms with E-state index in [4.69, 9.17) is 4.42 Å². The lowest BCUT2D eigenvalue weighted by Gasteiger charge is -2.18. The van der Waals surface area contributed by atoms with Crippen molar-refractivity contribution in [3.63, 3.8) is 0 Å². The summed E-state index contributed by atoms with van der Waals surface area (Å²) in [6.07, 6.45) is 0. The molecule has 104 valence electrons. The van der Waals surface area contributed by atoms with Crippen LogP contribution >= 0.6 is 0 Å². The summed E-state index contributed by atoms with van der Waals surface area (Å²) in [4.78, 5) is 4.52. The monoisotopic (exact) mass is 267 g/mol. The van der Waals surface area contributed by atoms with Crippen molar-refractivity contribution in [2.24, 2.45) is 5.92 Å². The Bertz CT molecular complexity index is 783. The summed E-state index contributed by atoms with van der Waals surface area (Å²) in [5.74, 6) is 1.06. The molecule has 1 aromatic carbocycles. The van der Waals surface area contributed by atoms with Crippen molar-refractivity contribution >= 4 is 22.1 Å². The number of furan rings is 1. The quantitative estimate of drug-likeness (QED) is 0.625. The van der Waals surface area contributed by atoms with E-state index in [1.54, 1.807) is 0 Å². The van der Waals surface area contributed by atoms with Crippen molar-refractivity contribution < 1.29 is 4.42 Å². The Balaban J connectivity index is 2.39. The number of pyridine rings is 1. The van der Waals surface area contributed by atoms with Crippen LogP contribution in [0.3, 0.4) is 0 Å². The molecule has 0 saturated carbocycles. The van der Waals surface area contributed by atoms with Crippen LogP contribution in [0.25, 0.3) is 22.1 Å². The lowest BCUT2D eigenvalue weighted by Crippen LogP contribution is -2.04. The number of rotatable bonds is 2. The smallest absolute Gasteiger partial charge is 0.227 e. The van der Waals surface area contributed by atoms with Crippen molar-refractivity contribution in [1.29, 1.82) is 0 Å². The summed E-state index contributed by atoms with van der Waals surface area (Å²) in [5.41, 5.74) is 5.39. The Hall–Kier alpha value is -1.83. The summed E-state index contributed by atoms with van der Waals surface area (Å²) < 4.78 is 6.11. The molecule has 1 atom stereocenters. The van der Waals surface area contributed by atoms with Crippen molar-refractivity contribution in [2.75, 3.05) is 0 Å². The van der Waals surface area contributed by atoms with Gasteiger partial charge in [-0.15, -0.1) is 0 Å². The van der Waals surface area contributed by atoms with Gasteiger partial charge in [0.1, 0.15) is 5.58 Å². The summed E-state index contributed by atoms with van der Waals surface area (Å²) in [6.45, 7) is 11.0. The first-order valence-electron chi connectivity index (χ1n) is 7.28. The van der Waals surface area contributed by atoms with E-state index in [2.05, 4.69) is 50.9 Å². The largest absolute Gasteiger partial charge is 0.437 e. The van der Waals surface area contributed by atoms with E-state index in [9.17, 15) is 0 Å². The molecular formula is C18H21NO. The molecule has 3 rings (SSSR count). The molecule has 0 fully saturated rings. The molecule has 0 N–H and O–H groups in total. The number of hydrogen-bond acceptors (Lipinski definition) is 2. The Morgan fingerprint density at radius 2 is 1.65 bits per heavy atom. The van der Waals surface area contributed by atoms with Crippen molar-refractivity contribution in [2.45, 2.75) is 40.5 Å². The van der Waals surface area contributed by atoms with Gasteiger partial charge in [-0.3, -0.25) is 0 Å². The second-order valence-corrected chi connectivity index (χ2v) is 6.11. The van der Waals surface area contributed by atoms with Crippen molar-refractivity contribution in [1.82, 2.24) is 4.98 Å². The third-order valence-electron chi connectivity index (χ3n) is 4.36. The van der Waals surface area contributed by atoms with Gasteiger partial charge in [-0.2, -0.15) is 0 Å². The molecule has 0 radical (unpaired) electrons. The van der Waals surface area contributed by atoms with Crippen LogP contribution < -0.4 is 0 Å². The van der Waals surface area contributed by atoms with E-state index in [0.29, 0.717) is 11.8 Å². The predicted molar refractivity (Wildman–Crippen MR) is 84.2 cm³/mol. The standard InChI is InChI=1S/C18H21NO/c1-10(2)13(5)16-11(3)6-8-14-15-9-7-12(4)19-18(15)20-17(14)16/h6-10,13H,1-5H3. The maximum Gasteiger partial charge on any atom is 0.227 e. The highest BCUT2D eigenvalue weighted by Crippen LogP contribution is 2.37. The fourth-order valence-electron chi connectivity index (χ4n) is 2.83. The molecule has 0 saturated heterocycles. The Labute approximate surface area is 119 Å². The maximum atomic E-state index is 6.11. The first-order chi connectivity index (χ1) is 9.49. The number of hydrogen-bond donors (Lipinski definition) is 0. The molecule has 2 nitrogen and oxygen atoms in total. The zero-order chi connectivity index (χ0) is 14.4. The van der Waals surface area contributed by atoms with E-state index < -0.39 is 0 Å². The fourth-order valence-corrected chi connectivity index (χ4v) is 2.83. The van der Waals surface area contributed by atoms with E-state index in [1.165, 1.54) is 16.5 Å². The summed E-state index contributed by atoms with van der Waals surface area (Å²) in [7, 11) is 0. The molecule has 2 heteroatoms. The van der Waals surface area contributed by atoms with Crippen LogP contribution in [-0.2, 0) is 0 Å². The van der Waals surface area contributed by atoms with Gasteiger partial charge in [0.25, 0.3) is 0 Å². The molecule has 0 bridgehead atoms. The van der Waals surface area contributed by atoms with Gasteiger partial charge in [0.2, 0.25) is 5.71 Å².